The first-order valence-electron chi connectivity index (χ1n) is 5.98. The van der Waals surface area contributed by atoms with Gasteiger partial charge in [0.1, 0.15) is 5.82 Å². The first-order valence-corrected chi connectivity index (χ1v) is 6.77. The summed E-state index contributed by atoms with van der Waals surface area (Å²) in [6, 6.07) is 14.0. The van der Waals surface area contributed by atoms with Crippen LogP contribution in [-0.4, -0.2) is 9.97 Å². The molecule has 0 amide bonds. The van der Waals surface area contributed by atoms with Crippen LogP contribution in [-0.2, 0) is 0 Å². The minimum atomic E-state index is 0.831. The van der Waals surface area contributed by atoms with Crippen molar-refractivity contribution in [2.75, 3.05) is 5.32 Å². The van der Waals surface area contributed by atoms with Crippen molar-refractivity contribution in [3.05, 3.63) is 58.8 Å². The number of pyridine rings is 2. The largest absolute Gasteiger partial charge is 0.340 e. The van der Waals surface area contributed by atoms with Crippen LogP contribution in [0.2, 0.25) is 0 Å². The highest BCUT2D eigenvalue weighted by Crippen LogP contribution is 2.25. The zero-order valence-electron chi connectivity index (χ0n) is 10.4. The van der Waals surface area contributed by atoms with Crippen LogP contribution < -0.4 is 5.32 Å². The Balaban J connectivity index is 2.03. The second kappa shape index (κ2) is 4.97. The first-order chi connectivity index (χ1) is 9.24. The molecule has 0 saturated heterocycles. The summed E-state index contributed by atoms with van der Waals surface area (Å²) in [6.45, 7) is 1.97. The fourth-order valence-corrected chi connectivity index (χ4v) is 2.18. The van der Waals surface area contributed by atoms with Crippen LogP contribution in [0.4, 0.5) is 11.5 Å². The molecule has 19 heavy (non-hydrogen) atoms. The van der Waals surface area contributed by atoms with Gasteiger partial charge in [-0.1, -0.05) is 6.07 Å². The fourth-order valence-electron chi connectivity index (χ4n) is 1.96. The van der Waals surface area contributed by atoms with E-state index in [0.717, 1.165) is 32.6 Å². The van der Waals surface area contributed by atoms with Gasteiger partial charge < -0.3 is 5.32 Å². The topological polar surface area (TPSA) is 37.8 Å². The lowest BCUT2D eigenvalue weighted by Gasteiger charge is -2.09. The van der Waals surface area contributed by atoms with Crippen LogP contribution in [0.25, 0.3) is 10.9 Å². The van der Waals surface area contributed by atoms with Gasteiger partial charge >= 0.3 is 0 Å². The Morgan fingerprint density at radius 1 is 1.05 bits per heavy atom. The van der Waals surface area contributed by atoms with Crippen molar-refractivity contribution >= 4 is 38.3 Å². The van der Waals surface area contributed by atoms with Crippen LogP contribution in [0.5, 0.6) is 0 Å². The van der Waals surface area contributed by atoms with E-state index in [1.165, 1.54) is 0 Å². The normalized spacial score (nSPS) is 10.6. The van der Waals surface area contributed by atoms with Crippen molar-refractivity contribution in [2.45, 2.75) is 6.92 Å². The van der Waals surface area contributed by atoms with Crippen LogP contribution in [0.15, 0.2) is 53.1 Å². The third-order valence-corrected chi connectivity index (χ3v) is 3.77. The zero-order valence-corrected chi connectivity index (χ0v) is 12.0. The predicted octanol–water partition coefficient (Wildman–Crippen LogP) is 4.44. The lowest BCUT2D eigenvalue weighted by atomic mass is 10.2. The van der Waals surface area contributed by atoms with Gasteiger partial charge in [0.15, 0.2) is 0 Å². The molecule has 0 aliphatic carbocycles. The molecule has 0 atom stereocenters. The van der Waals surface area contributed by atoms with Gasteiger partial charge in [-0.3, -0.25) is 4.98 Å². The first kappa shape index (κ1) is 12.1. The standard InChI is InChI=1S/C15H12BrN3/c1-10-12(16)7-8-15(18-10)19-14-6-2-5-13-11(14)4-3-9-17-13/h2-9H,1H3,(H,18,19). The van der Waals surface area contributed by atoms with Gasteiger partial charge in [-0.05, 0) is 59.3 Å². The van der Waals surface area contributed by atoms with Crippen molar-refractivity contribution in [3.63, 3.8) is 0 Å². The maximum atomic E-state index is 4.50. The van der Waals surface area contributed by atoms with E-state index in [9.17, 15) is 0 Å². The van der Waals surface area contributed by atoms with Crippen LogP contribution in [0, 0.1) is 6.92 Å². The summed E-state index contributed by atoms with van der Waals surface area (Å²) >= 11 is 3.45. The van der Waals surface area contributed by atoms with Crippen molar-refractivity contribution in [1.82, 2.24) is 9.97 Å². The number of benzene rings is 1. The molecule has 2 heterocycles. The van der Waals surface area contributed by atoms with E-state index in [4.69, 9.17) is 0 Å². The number of rotatable bonds is 2. The van der Waals surface area contributed by atoms with E-state index < -0.39 is 0 Å². The van der Waals surface area contributed by atoms with Crippen LogP contribution in [0.3, 0.4) is 0 Å². The third-order valence-electron chi connectivity index (χ3n) is 2.93. The highest BCUT2D eigenvalue weighted by molar-refractivity contribution is 9.10. The Morgan fingerprint density at radius 3 is 2.79 bits per heavy atom. The smallest absolute Gasteiger partial charge is 0.130 e. The van der Waals surface area contributed by atoms with Crippen molar-refractivity contribution in [1.29, 1.82) is 0 Å². The van der Waals surface area contributed by atoms with Crippen LogP contribution >= 0.6 is 15.9 Å². The summed E-state index contributed by atoms with van der Waals surface area (Å²) < 4.78 is 1.01. The maximum Gasteiger partial charge on any atom is 0.130 e. The fraction of sp³-hybridized carbons (Fsp3) is 0.0667. The summed E-state index contributed by atoms with van der Waals surface area (Å²) in [5, 5.41) is 4.43. The quantitative estimate of drug-likeness (QED) is 0.759. The van der Waals surface area contributed by atoms with Gasteiger partial charge in [0.25, 0.3) is 0 Å². The Morgan fingerprint density at radius 2 is 1.95 bits per heavy atom. The van der Waals surface area contributed by atoms with Gasteiger partial charge in [0.2, 0.25) is 0 Å². The number of halogens is 1. The predicted molar refractivity (Wildman–Crippen MR) is 81.7 cm³/mol. The lowest BCUT2D eigenvalue weighted by Crippen LogP contribution is -1.96. The summed E-state index contributed by atoms with van der Waals surface area (Å²) in [5.41, 5.74) is 2.95. The Hall–Kier alpha value is -1.94. The van der Waals surface area contributed by atoms with Crippen molar-refractivity contribution < 1.29 is 0 Å². The average molecular weight is 314 g/mol. The Kier molecular flexibility index (Phi) is 3.17. The molecule has 0 spiro atoms. The molecule has 1 N–H and O–H groups in total. The molecular weight excluding hydrogens is 302 g/mol. The minimum absolute atomic E-state index is 0.831. The maximum absolute atomic E-state index is 4.50. The summed E-state index contributed by atoms with van der Waals surface area (Å²) in [5.74, 6) is 0.831. The number of hydrogen-bond donors (Lipinski definition) is 1. The molecule has 3 nitrogen and oxygen atoms in total. The van der Waals surface area contributed by atoms with E-state index >= 15 is 0 Å². The van der Waals surface area contributed by atoms with Crippen molar-refractivity contribution in [2.24, 2.45) is 0 Å². The monoisotopic (exact) mass is 313 g/mol. The van der Waals surface area contributed by atoms with Crippen LogP contribution in [0.1, 0.15) is 5.69 Å². The number of nitrogens with one attached hydrogen (secondary N) is 1. The van der Waals surface area contributed by atoms with Gasteiger partial charge in [0, 0.05) is 21.7 Å². The van der Waals surface area contributed by atoms with E-state index in [2.05, 4.69) is 37.3 Å². The van der Waals surface area contributed by atoms with Gasteiger partial charge in [-0.15, -0.1) is 0 Å². The van der Waals surface area contributed by atoms with E-state index in [1.54, 1.807) is 6.20 Å². The molecule has 0 fully saturated rings. The molecular formula is C15H12BrN3. The molecule has 94 valence electrons. The van der Waals surface area contributed by atoms with Gasteiger partial charge in [-0.25, -0.2) is 4.98 Å². The molecule has 0 saturated carbocycles. The second-order valence-corrected chi connectivity index (χ2v) is 5.12. The summed E-state index contributed by atoms with van der Waals surface area (Å²) in [4.78, 5) is 8.84. The Labute approximate surface area is 119 Å². The number of nitrogens with zero attached hydrogens (tertiary/aromatic N) is 2. The molecule has 0 bridgehead atoms. The van der Waals surface area contributed by atoms with Crippen molar-refractivity contribution in [3.8, 4) is 0 Å². The number of aromatic nitrogens is 2. The van der Waals surface area contributed by atoms with E-state index in [-0.39, 0.29) is 0 Å². The minimum Gasteiger partial charge on any atom is -0.340 e. The van der Waals surface area contributed by atoms with E-state index in [0.29, 0.717) is 0 Å². The lowest BCUT2D eigenvalue weighted by molar-refractivity contribution is 1.18. The Bertz CT molecular complexity index is 735. The molecule has 0 unspecified atom stereocenters. The highest BCUT2D eigenvalue weighted by Gasteiger charge is 2.03. The molecule has 0 aliphatic rings. The summed E-state index contributed by atoms with van der Waals surface area (Å²) in [7, 11) is 0. The van der Waals surface area contributed by atoms with Gasteiger partial charge in [-0.2, -0.15) is 0 Å². The summed E-state index contributed by atoms with van der Waals surface area (Å²) in [6.07, 6.45) is 1.80. The molecule has 0 radical (unpaired) electrons. The van der Waals surface area contributed by atoms with Gasteiger partial charge in [0.05, 0.1) is 11.2 Å². The molecule has 0 aliphatic heterocycles. The SMILES string of the molecule is Cc1nc(Nc2cccc3ncccc23)ccc1Br. The zero-order chi connectivity index (χ0) is 13.2. The number of fused-ring (bicyclic) bond motifs is 1. The molecule has 3 rings (SSSR count). The number of anilines is 2. The third kappa shape index (κ3) is 2.44. The second-order valence-electron chi connectivity index (χ2n) is 4.26. The molecule has 3 aromatic rings. The highest BCUT2D eigenvalue weighted by atomic mass is 79.9. The average Bonchev–Trinajstić information content (AvgIpc) is 2.43. The number of aryl methyl sites for hydroxylation is 1. The molecule has 1 aromatic carbocycles. The molecule has 4 heteroatoms. The molecule has 2 aromatic heterocycles. The van der Waals surface area contributed by atoms with E-state index in [1.807, 2.05) is 43.3 Å². The number of hydrogen-bond acceptors (Lipinski definition) is 3.